The molecule has 0 aromatic heterocycles. The van der Waals surface area contributed by atoms with Gasteiger partial charge in [-0.05, 0) is 12.8 Å². The van der Waals surface area contributed by atoms with Crippen molar-refractivity contribution in [2.24, 2.45) is 0 Å². The minimum absolute atomic E-state index is 0.0969. The molecule has 0 radical (unpaired) electrons. The van der Waals surface area contributed by atoms with Crippen LogP contribution >= 0.6 is 0 Å². The second-order valence-corrected chi connectivity index (χ2v) is 5.00. The zero-order valence-corrected chi connectivity index (χ0v) is 11.5. The van der Waals surface area contributed by atoms with Gasteiger partial charge < -0.3 is 9.80 Å². The minimum atomic E-state index is -0.344. The lowest BCUT2D eigenvalue weighted by Crippen LogP contribution is -2.43. The second kappa shape index (κ2) is 5.90. The van der Waals surface area contributed by atoms with E-state index in [4.69, 9.17) is 0 Å². The lowest BCUT2D eigenvalue weighted by molar-refractivity contribution is -0.135. The van der Waals surface area contributed by atoms with Crippen LogP contribution in [0, 0.1) is 0 Å². The van der Waals surface area contributed by atoms with Gasteiger partial charge in [-0.15, -0.1) is 13.2 Å². The van der Waals surface area contributed by atoms with Gasteiger partial charge in [0.15, 0.2) is 0 Å². The van der Waals surface area contributed by atoms with Crippen LogP contribution in [0.25, 0.3) is 0 Å². The summed E-state index contributed by atoms with van der Waals surface area (Å²) in [6.45, 7) is 7.80. The highest BCUT2D eigenvalue weighted by Crippen LogP contribution is 2.30. The van der Waals surface area contributed by atoms with Crippen molar-refractivity contribution in [1.29, 1.82) is 0 Å². The number of nitrogens with zero attached hydrogens (tertiary/aromatic N) is 3. The normalized spacial score (nSPS) is 18.4. The predicted octanol–water partition coefficient (Wildman–Crippen LogP) is 0.614. The van der Waals surface area contributed by atoms with Crippen LogP contribution in [-0.4, -0.2) is 64.8 Å². The number of urea groups is 1. The summed E-state index contributed by atoms with van der Waals surface area (Å²) in [5, 5.41) is 0. The van der Waals surface area contributed by atoms with Gasteiger partial charge in [0.1, 0.15) is 13.1 Å². The highest BCUT2D eigenvalue weighted by molar-refractivity contribution is 6.04. The van der Waals surface area contributed by atoms with Crippen molar-refractivity contribution in [3.05, 3.63) is 25.3 Å². The lowest BCUT2D eigenvalue weighted by Gasteiger charge is -2.22. The van der Waals surface area contributed by atoms with Crippen molar-refractivity contribution >= 4 is 17.8 Å². The van der Waals surface area contributed by atoms with E-state index in [0.717, 1.165) is 17.7 Å². The topological polar surface area (TPSA) is 60.9 Å². The van der Waals surface area contributed by atoms with Crippen molar-refractivity contribution < 1.29 is 14.4 Å². The first-order chi connectivity index (χ1) is 9.58. The molecule has 6 heteroatoms. The monoisotopic (exact) mass is 277 g/mol. The molecule has 1 aliphatic heterocycles. The zero-order chi connectivity index (χ0) is 14.7. The van der Waals surface area contributed by atoms with Crippen molar-refractivity contribution in [3.8, 4) is 0 Å². The van der Waals surface area contributed by atoms with Gasteiger partial charge in [-0.25, -0.2) is 4.79 Å². The van der Waals surface area contributed by atoms with Crippen molar-refractivity contribution in [2.45, 2.75) is 18.9 Å². The van der Waals surface area contributed by atoms with Gasteiger partial charge >= 0.3 is 6.03 Å². The average molecular weight is 277 g/mol. The molecule has 20 heavy (non-hydrogen) atoms. The van der Waals surface area contributed by atoms with E-state index in [9.17, 15) is 14.4 Å². The molecule has 1 aliphatic carbocycles. The van der Waals surface area contributed by atoms with Crippen molar-refractivity contribution in [3.63, 3.8) is 0 Å². The molecule has 1 heterocycles. The molecule has 0 aromatic rings. The maximum Gasteiger partial charge on any atom is 0.327 e. The number of carbonyl (C=O) groups is 3. The summed E-state index contributed by atoms with van der Waals surface area (Å²) in [5.41, 5.74) is 0. The van der Waals surface area contributed by atoms with Crippen LogP contribution in [0.4, 0.5) is 4.79 Å². The predicted molar refractivity (Wildman–Crippen MR) is 73.8 cm³/mol. The Kier molecular flexibility index (Phi) is 4.22. The molecule has 0 aromatic carbocycles. The van der Waals surface area contributed by atoms with Crippen LogP contribution in [0.15, 0.2) is 25.3 Å². The fraction of sp³-hybridized carbons (Fsp3) is 0.500. The Morgan fingerprint density at radius 2 is 1.85 bits per heavy atom. The molecular weight excluding hydrogens is 258 g/mol. The Morgan fingerprint density at radius 1 is 1.25 bits per heavy atom. The summed E-state index contributed by atoms with van der Waals surface area (Å²) in [6, 6.07) is -0.160. The van der Waals surface area contributed by atoms with E-state index >= 15 is 0 Å². The van der Waals surface area contributed by atoms with Crippen LogP contribution in [-0.2, 0) is 9.59 Å². The number of carbonyl (C=O) groups excluding carboxylic acids is 3. The molecule has 108 valence electrons. The molecule has 6 nitrogen and oxygen atoms in total. The van der Waals surface area contributed by atoms with Gasteiger partial charge in [-0.2, -0.15) is 0 Å². The number of hydrogen-bond acceptors (Lipinski definition) is 3. The first-order valence-electron chi connectivity index (χ1n) is 6.69. The van der Waals surface area contributed by atoms with E-state index in [1.807, 2.05) is 0 Å². The van der Waals surface area contributed by atoms with Gasteiger partial charge in [0.2, 0.25) is 5.91 Å². The smallest absolute Gasteiger partial charge is 0.327 e. The Balaban J connectivity index is 1.98. The maximum absolute atomic E-state index is 12.1. The molecule has 1 saturated carbocycles. The van der Waals surface area contributed by atoms with Crippen LogP contribution in [0.1, 0.15) is 12.8 Å². The number of rotatable bonds is 7. The maximum atomic E-state index is 12.1. The first kappa shape index (κ1) is 14.3. The van der Waals surface area contributed by atoms with Gasteiger partial charge in [-0.1, -0.05) is 12.2 Å². The average Bonchev–Trinajstić information content (AvgIpc) is 3.21. The van der Waals surface area contributed by atoms with E-state index in [2.05, 4.69) is 13.2 Å². The summed E-state index contributed by atoms with van der Waals surface area (Å²) < 4.78 is 0. The zero-order valence-electron chi connectivity index (χ0n) is 11.5. The van der Waals surface area contributed by atoms with Crippen LogP contribution < -0.4 is 0 Å². The molecule has 2 aliphatic rings. The van der Waals surface area contributed by atoms with Crippen LogP contribution in [0.2, 0.25) is 0 Å². The Labute approximate surface area is 118 Å². The minimum Gasteiger partial charge on any atom is -0.334 e. The fourth-order valence-electron chi connectivity index (χ4n) is 2.21. The number of hydrogen-bond donors (Lipinski definition) is 0. The van der Waals surface area contributed by atoms with Crippen LogP contribution in [0.5, 0.6) is 0 Å². The summed E-state index contributed by atoms with van der Waals surface area (Å²) in [4.78, 5) is 40.2. The van der Waals surface area contributed by atoms with Gasteiger partial charge in [0.25, 0.3) is 5.91 Å². The largest absolute Gasteiger partial charge is 0.334 e. The van der Waals surface area contributed by atoms with E-state index in [-0.39, 0.29) is 37.0 Å². The molecule has 0 unspecified atom stereocenters. The molecule has 2 fully saturated rings. The number of amides is 4. The Hall–Kier alpha value is -2.11. The molecule has 0 atom stereocenters. The van der Waals surface area contributed by atoms with E-state index in [0.29, 0.717) is 13.1 Å². The summed E-state index contributed by atoms with van der Waals surface area (Å²) in [5.74, 6) is -0.573. The van der Waals surface area contributed by atoms with Gasteiger partial charge in [-0.3, -0.25) is 14.5 Å². The van der Waals surface area contributed by atoms with Gasteiger partial charge in [0.05, 0.1) is 0 Å². The standard InChI is InChI=1S/C14H19N3O3/c1-3-7-15(8-4-2)12(18)9-17-13(19)10-16(14(17)20)11-5-6-11/h3-4,11H,1-2,5-10H2. The molecule has 0 bridgehead atoms. The molecule has 1 saturated heterocycles. The second-order valence-electron chi connectivity index (χ2n) is 5.00. The molecule has 0 spiro atoms. The van der Waals surface area contributed by atoms with E-state index in [1.54, 1.807) is 17.1 Å². The van der Waals surface area contributed by atoms with Crippen molar-refractivity contribution in [2.75, 3.05) is 26.2 Å². The Morgan fingerprint density at radius 3 is 2.35 bits per heavy atom. The van der Waals surface area contributed by atoms with E-state index in [1.165, 1.54) is 4.90 Å². The van der Waals surface area contributed by atoms with Gasteiger partial charge in [0, 0.05) is 19.1 Å². The highest BCUT2D eigenvalue weighted by Gasteiger charge is 2.44. The molecule has 4 amide bonds. The molecule has 0 N–H and O–H groups in total. The third-order valence-electron chi connectivity index (χ3n) is 3.42. The van der Waals surface area contributed by atoms with E-state index < -0.39 is 0 Å². The number of imide groups is 1. The first-order valence-corrected chi connectivity index (χ1v) is 6.69. The summed E-state index contributed by atoms with van der Waals surface area (Å²) in [7, 11) is 0. The molecular formula is C14H19N3O3. The summed E-state index contributed by atoms with van der Waals surface area (Å²) in [6.07, 6.45) is 5.09. The highest BCUT2D eigenvalue weighted by atomic mass is 16.2. The molecule has 2 rings (SSSR count). The quantitative estimate of drug-likeness (QED) is 0.506. The van der Waals surface area contributed by atoms with Crippen LogP contribution in [0.3, 0.4) is 0 Å². The summed E-state index contributed by atoms with van der Waals surface area (Å²) >= 11 is 0. The third-order valence-corrected chi connectivity index (χ3v) is 3.42. The SMILES string of the molecule is C=CCN(CC=C)C(=O)CN1C(=O)CN(C2CC2)C1=O. The Bertz CT molecular complexity index is 447. The lowest BCUT2D eigenvalue weighted by atomic mass is 10.4. The third kappa shape index (κ3) is 2.89. The van der Waals surface area contributed by atoms with Crippen molar-refractivity contribution in [1.82, 2.24) is 14.7 Å². The fourth-order valence-corrected chi connectivity index (χ4v) is 2.21.